The lowest BCUT2D eigenvalue weighted by atomic mass is 9.51. The van der Waals surface area contributed by atoms with Crippen LogP contribution in [0.4, 0.5) is 0 Å². The Labute approximate surface area is 110 Å². The van der Waals surface area contributed by atoms with Gasteiger partial charge >= 0.3 is 0 Å². The van der Waals surface area contributed by atoms with Crippen LogP contribution < -0.4 is 0 Å². The van der Waals surface area contributed by atoms with Crippen molar-refractivity contribution in [2.45, 2.75) is 64.6 Å². The van der Waals surface area contributed by atoms with Gasteiger partial charge in [-0.1, -0.05) is 13.8 Å². The van der Waals surface area contributed by atoms with Crippen LogP contribution in [0, 0.1) is 23.2 Å². The highest BCUT2D eigenvalue weighted by Crippen LogP contribution is 2.55. The molecule has 0 aromatic carbocycles. The largest absolute Gasteiger partial charge is 0.396 e. The highest BCUT2D eigenvalue weighted by molar-refractivity contribution is 5.03. The summed E-state index contributed by atoms with van der Waals surface area (Å²) in [7, 11) is 0. The number of rotatable bonds is 2. The van der Waals surface area contributed by atoms with Crippen LogP contribution in [-0.4, -0.2) is 33.6 Å². The van der Waals surface area contributed by atoms with Crippen molar-refractivity contribution in [3.63, 3.8) is 0 Å². The minimum absolute atomic E-state index is 0.0624. The zero-order valence-corrected chi connectivity index (χ0v) is 11.9. The van der Waals surface area contributed by atoms with Gasteiger partial charge in [0.15, 0.2) is 0 Å². The van der Waals surface area contributed by atoms with E-state index in [9.17, 15) is 15.3 Å². The van der Waals surface area contributed by atoms with Gasteiger partial charge < -0.3 is 15.3 Å². The number of aliphatic hydroxyl groups excluding tert-OH is 2. The zero-order chi connectivity index (χ0) is 13.6. The van der Waals surface area contributed by atoms with Crippen molar-refractivity contribution in [2.24, 2.45) is 23.2 Å². The monoisotopic (exact) mass is 256 g/mol. The fraction of sp³-hybridized carbons (Fsp3) is 1.00. The molecular formula is C15H28O3. The van der Waals surface area contributed by atoms with Gasteiger partial charge in [0.2, 0.25) is 0 Å². The van der Waals surface area contributed by atoms with Crippen LogP contribution in [0.3, 0.4) is 0 Å². The van der Waals surface area contributed by atoms with Crippen LogP contribution in [0.2, 0.25) is 0 Å². The third-order valence-corrected chi connectivity index (χ3v) is 5.82. The summed E-state index contributed by atoms with van der Waals surface area (Å²) in [5, 5.41) is 30.0. The summed E-state index contributed by atoms with van der Waals surface area (Å²) in [5.74, 6) is 1.09. The van der Waals surface area contributed by atoms with Crippen molar-refractivity contribution < 1.29 is 15.3 Å². The summed E-state index contributed by atoms with van der Waals surface area (Å²) in [5.41, 5.74) is -0.713. The van der Waals surface area contributed by atoms with E-state index < -0.39 is 5.60 Å². The Balaban J connectivity index is 2.25. The number of hydrogen-bond acceptors (Lipinski definition) is 3. The van der Waals surface area contributed by atoms with E-state index in [1.807, 2.05) is 6.92 Å². The third kappa shape index (κ3) is 2.21. The van der Waals surface area contributed by atoms with Crippen molar-refractivity contribution in [1.29, 1.82) is 0 Å². The molecule has 0 radical (unpaired) electrons. The molecule has 106 valence electrons. The Morgan fingerprint density at radius 2 is 1.78 bits per heavy atom. The standard InChI is InChI=1S/C15H28O3/c1-14(2)11-6-8-15(3,18)12(7-9-16)10(11)4-5-13(14)17/h10-13,16-18H,4-9H2,1-3H3/t10?,11-,12-,13+,15+/m1/s1. The van der Waals surface area contributed by atoms with E-state index in [-0.39, 0.29) is 24.0 Å². The van der Waals surface area contributed by atoms with Crippen LogP contribution >= 0.6 is 0 Å². The lowest BCUT2D eigenvalue weighted by Gasteiger charge is -2.56. The maximum absolute atomic E-state index is 10.6. The molecular weight excluding hydrogens is 228 g/mol. The molecule has 0 spiro atoms. The van der Waals surface area contributed by atoms with E-state index in [0.717, 1.165) is 25.7 Å². The van der Waals surface area contributed by atoms with Gasteiger partial charge in [0, 0.05) is 6.61 Å². The van der Waals surface area contributed by atoms with E-state index in [4.69, 9.17) is 0 Å². The highest BCUT2D eigenvalue weighted by atomic mass is 16.3. The molecule has 2 aliphatic rings. The SMILES string of the molecule is CC1(C)[C@@H]2CC[C@](C)(O)[C@H](CCO)C2CC[C@@H]1O. The Morgan fingerprint density at radius 1 is 1.11 bits per heavy atom. The highest BCUT2D eigenvalue weighted by Gasteiger charge is 2.53. The van der Waals surface area contributed by atoms with Crippen LogP contribution in [0.5, 0.6) is 0 Å². The van der Waals surface area contributed by atoms with Crippen LogP contribution in [-0.2, 0) is 0 Å². The molecule has 2 rings (SSSR count). The average Bonchev–Trinajstić information content (AvgIpc) is 2.27. The van der Waals surface area contributed by atoms with Crippen molar-refractivity contribution in [3.8, 4) is 0 Å². The lowest BCUT2D eigenvalue weighted by Crippen LogP contribution is -2.55. The molecule has 1 unspecified atom stereocenters. The average molecular weight is 256 g/mol. The second-order valence-electron chi connectivity index (χ2n) is 7.20. The summed E-state index contributed by atoms with van der Waals surface area (Å²) in [4.78, 5) is 0. The number of aliphatic hydroxyl groups is 3. The molecule has 2 saturated carbocycles. The Hall–Kier alpha value is -0.120. The Morgan fingerprint density at radius 3 is 2.39 bits per heavy atom. The van der Waals surface area contributed by atoms with Gasteiger partial charge in [0.05, 0.1) is 11.7 Å². The second-order valence-corrected chi connectivity index (χ2v) is 7.20. The van der Waals surface area contributed by atoms with Gasteiger partial charge in [0.25, 0.3) is 0 Å². The Kier molecular flexibility index (Phi) is 3.79. The van der Waals surface area contributed by atoms with E-state index in [1.165, 1.54) is 0 Å². The molecule has 5 atom stereocenters. The summed E-state index contributed by atoms with van der Waals surface area (Å²) >= 11 is 0. The first-order valence-electron chi connectivity index (χ1n) is 7.32. The van der Waals surface area contributed by atoms with Crippen LogP contribution in [0.15, 0.2) is 0 Å². The van der Waals surface area contributed by atoms with Crippen molar-refractivity contribution in [2.75, 3.05) is 6.61 Å². The first-order chi connectivity index (χ1) is 8.30. The van der Waals surface area contributed by atoms with E-state index in [2.05, 4.69) is 13.8 Å². The van der Waals surface area contributed by atoms with Crippen molar-refractivity contribution in [3.05, 3.63) is 0 Å². The van der Waals surface area contributed by atoms with Crippen LogP contribution in [0.1, 0.15) is 52.9 Å². The van der Waals surface area contributed by atoms with Gasteiger partial charge in [-0.2, -0.15) is 0 Å². The molecule has 0 aromatic rings. The maximum atomic E-state index is 10.6. The summed E-state index contributed by atoms with van der Waals surface area (Å²) in [6, 6.07) is 0. The smallest absolute Gasteiger partial charge is 0.0651 e. The topological polar surface area (TPSA) is 60.7 Å². The molecule has 0 saturated heterocycles. The van der Waals surface area contributed by atoms with E-state index in [1.54, 1.807) is 0 Å². The molecule has 3 heteroatoms. The molecule has 3 nitrogen and oxygen atoms in total. The summed E-state index contributed by atoms with van der Waals surface area (Å²) in [6.07, 6.45) is 4.04. The van der Waals surface area contributed by atoms with Crippen molar-refractivity contribution >= 4 is 0 Å². The lowest BCUT2D eigenvalue weighted by molar-refractivity contribution is -0.153. The van der Waals surface area contributed by atoms with Crippen LogP contribution in [0.25, 0.3) is 0 Å². The first kappa shape index (κ1) is 14.3. The predicted molar refractivity (Wildman–Crippen MR) is 71.1 cm³/mol. The quantitative estimate of drug-likeness (QED) is 0.707. The predicted octanol–water partition coefficient (Wildman–Crippen LogP) is 1.94. The van der Waals surface area contributed by atoms with E-state index in [0.29, 0.717) is 18.3 Å². The molecule has 0 amide bonds. The minimum Gasteiger partial charge on any atom is -0.396 e. The molecule has 0 bridgehead atoms. The fourth-order valence-corrected chi connectivity index (χ4v) is 4.55. The molecule has 2 fully saturated rings. The normalized spacial score (nSPS) is 47.7. The molecule has 0 aliphatic heterocycles. The molecule has 2 aliphatic carbocycles. The molecule has 0 heterocycles. The first-order valence-corrected chi connectivity index (χ1v) is 7.32. The maximum Gasteiger partial charge on any atom is 0.0651 e. The van der Waals surface area contributed by atoms with Gasteiger partial charge in [-0.3, -0.25) is 0 Å². The van der Waals surface area contributed by atoms with Gasteiger partial charge in [0.1, 0.15) is 0 Å². The number of hydrogen-bond donors (Lipinski definition) is 3. The second kappa shape index (κ2) is 4.77. The van der Waals surface area contributed by atoms with Gasteiger partial charge in [-0.15, -0.1) is 0 Å². The van der Waals surface area contributed by atoms with Gasteiger partial charge in [-0.25, -0.2) is 0 Å². The Bertz CT molecular complexity index is 296. The molecule has 3 N–H and O–H groups in total. The molecule has 18 heavy (non-hydrogen) atoms. The van der Waals surface area contributed by atoms with E-state index >= 15 is 0 Å². The number of fused-ring (bicyclic) bond motifs is 1. The minimum atomic E-state index is -0.651. The summed E-state index contributed by atoms with van der Waals surface area (Å²) < 4.78 is 0. The summed E-state index contributed by atoms with van der Waals surface area (Å²) in [6.45, 7) is 6.38. The molecule has 0 aromatic heterocycles. The zero-order valence-electron chi connectivity index (χ0n) is 11.9. The van der Waals surface area contributed by atoms with Crippen molar-refractivity contribution in [1.82, 2.24) is 0 Å². The fourth-order valence-electron chi connectivity index (χ4n) is 4.55. The third-order valence-electron chi connectivity index (χ3n) is 5.82. The van der Waals surface area contributed by atoms with Gasteiger partial charge in [-0.05, 0) is 62.2 Å².